The lowest BCUT2D eigenvalue weighted by Gasteiger charge is -2.14. The number of hydrogen-bond acceptors (Lipinski definition) is 4. The summed E-state index contributed by atoms with van der Waals surface area (Å²) in [6.45, 7) is 0. The molecule has 3 aromatic rings. The zero-order valence-corrected chi connectivity index (χ0v) is 14.0. The van der Waals surface area contributed by atoms with E-state index in [0.717, 1.165) is 11.0 Å². The molecule has 0 amide bonds. The molecule has 0 saturated heterocycles. The number of carboxylic acid groups (broad SMARTS) is 1. The van der Waals surface area contributed by atoms with Gasteiger partial charge in [0.15, 0.2) is 0 Å². The molecule has 0 spiro atoms. The molecule has 0 aliphatic carbocycles. The third kappa shape index (κ3) is 4.04. The van der Waals surface area contributed by atoms with Crippen LogP contribution in [0.25, 0.3) is 11.0 Å². The molecule has 1 atom stereocenters. The molecular formula is C17H17N3O4S. The van der Waals surface area contributed by atoms with E-state index in [9.17, 15) is 18.3 Å². The van der Waals surface area contributed by atoms with E-state index in [1.807, 2.05) is 24.3 Å². The number of benzene rings is 2. The number of rotatable bonds is 7. The van der Waals surface area contributed by atoms with Crippen molar-refractivity contribution < 1.29 is 18.3 Å². The smallest absolute Gasteiger partial charge is 0.321 e. The first-order chi connectivity index (χ1) is 12.0. The fourth-order valence-corrected chi connectivity index (χ4v) is 3.74. The monoisotopic (exact) mass is 359 g/mol. The molecule has 8 heteroatoms. The van der Waals surface area contributed by atoms with E-state index in [2.05, 4.69) is 14.7 Å². The van der Waals surface area contributed by atoms with Gasteiger partial charge in [-0.25, -0.2) is 13.4 Å². The number of carboxylic acids is 1. The molecule has 3 N–H and O–H groups in total. The minimum absolute atomic E-state index is 0.0324. The minimum atomic E-state index is -3.89. The molecule has 2 aromatic carbocycles. The van der Waals surface area contributed by atoms with Crippen molar-refractivity contribution in [2.75, 3.05) is 0 Å². The van der Waals surface area contributed by atoms with Gasteiger partial charge in [0.2, 0.25) is 10.0 Å². The number of nitrogens with one attached hydrogen (secondary N) is 2. The normalized spacial score (nSPS) is 13.0. The van der Waals surface area contributed by atoms with Crippen molar-refractivity contribution >= 4 is 27.0 Å². The second kappa shape index (κ2) is 7.04. The summed E-state index contributed by atoms with van der Waals surface area (Å²) in [4.78, 5) is 19.0. The van der Waals surface area contributed by atoms with Crippen LogP contribution in [0.5, 0.6) is 0 Å². The molecule has 1 heterocycles. The second-order valence-corrected chi connectivity index (χ2v) is 7.28. The number of para-hydroxylation sites is 2. The molecule has 1 unspecified atom stereocenters. The number of hydrogen-bond donors (Lipinski definition) is 3. The van der Waals surface area contributed by atoms with Crippen molar-refractivity contribution in [3.05, 3.63) is 60.4 Å². The van der Waals surface area contributed by atoms with Crippen LogP contribution in [0.2, 0.25) is 0 Å². The zero-order chi connectivity index (χ0) is 17.9. The predicted molar refractivity (Wildman–Crippen MR) is 92.6 cm³/mol. The number of nitrogens with zero attached hydrogens (tertiary/aromatic N) is 1. The maximum absolute atomic E-state index is 12.3. The van der Waals surface area contributed by atoms with E-state index < -0.39 is 22.0 Å². The van der Waals surface area contributed by atoms with Crippen LogP contribution in [0.1, 0.15) is 12.2 Å². The van der Waals surface area contributed by atoms with E-state index in [0.29, 0.717) is 12.2 Å². The Labute approximate surface area is 144 Å². The van der Waals surface area contributed by atoms with Gasteiger partial charge in [-0.15, -0.1) is 0 Å². The number of fused-ring (bicyclic) bond motifs is 1. The Bertz CT molecular complexity index is 950. The van der Waals surface area contributed by atoms with Crippen molar-refractivity contribution in [3.63, 3.8) is 0 Å². The molecule has 130 valence electrons. The first-order valence-corrected chi connectivity index (χ1v) is 9.18. The summed E-state index contributed by atoms with van der Waals surface area (Å²) < 4.78 is 26.8. The lowest BCUT2D eigenvalue weighted by Crippen LogP contribution is -2.41. The van der Waals surface area contributed by atoms with E-state index in [1.54, 1.807) is 18.2 Å². The molecule has 0 bridgehead atoms. The van der Waals surface area contributed by atoms with Crippen LogP contribution < -0.4 is 4.72 Å². The van der Waals surface area contributed by atoms with Crippen molar-refractivity contribution in [2.24, 2.45) is 0 Å². The predicted octanol–water partition coefficient (Wildman–Crippen LogP) is 1.93. The summed E-state index contributed by atoms with van der Waals surface area (Å²) >= 11 is 0. The van der Waals surface area contributed by atoms with Crippen molar-refractivity contribution in [1.82, 2.24) is 14.7 Å². The highest BCUT2D eigenvalue weighted by molar-refractivity contribution is 7.89. The topological polar surface area (TPSA) is 112 Å². The Morgan fingerprint density at radius 2 is 1.80 bits per heavy atom. The van der Waals surface area contributed by atoms with Crippen LogP contribution >= 0.6 is 0 Å². The molecule has 1 aromatic heterocycles. The number of imidazole rings is 1. The molecule has 3 rings (SSSR count). The average molecular weight is 359 g/mol. The largest absolute Gasteiger partial charge is 0.480 e. The molecule has 0 aliphatic rings. The molecule has 25 heavy (non-hydrogen) atoms. The van der Waals surface area contributed by atoms with Crippen LogP contribution in [0.3, 0.4) is 0 Å². The standard InChI is InChI=1S/C17H17N3O4S/c21-17(22)15(20-25(23,24)12-6-2-1-3-7-12)10-11-16-18-13-8-4-5-9-14(13)19-16/h1-9,15,20H,10-11H2,(H,18,19)(H,21,22). The van der Waals surface area contributed by atoms with Crippen LogP contribution in [-0.4, -0.2) is 35.5 Å². The number of aromatic amines is 1. The molecule has 0 fully saturated rings. The highest BCUT2D eigenvalue weighted by Crippen LogP contribution is 2.13. The molecule has 7 nitrogen and oxygen atoms in total. The van der Waals surface area contributed by atoms with Gasteiger partial charge in [-0.05, 0) is 30.7 Å². The van der Waals surface area contributed by atoms with E-state index in [4.69, 9.17) is 0 Å². The number of aryl methyl sites for hydroxylation is 1. The summed E-state index contributed by atoms with van der Waals surface area (Å²) in [5, 5.41) is 9.34. The number of aromatic nitrogens is 2. The minimum Gasteiger partial charge on any atom is -0.480 e. The lowest BCUT2D eigenvalue weighted by atomic mass is 10.1. The van der Waals surface area contributed by atoms with Crippen molar-refractivity contribution in [1.29, 1.82) is 0 Å². The Morgan fingerprint density at radius 3 is 2.48 bits per heavy atom. The first-order valence-electron chi connectivity index (χ1n) is 7.69. The zero-order valence-electron chi connectivity index (χ0n) is 13.2. The Morgan fingerprint density at radius 1 is 1.12 bits per heavy atom. The Kier molecular flexibility index (Phi) is 4.82. The number of carbonyl (C=O) groups is 1. The quantitative estimate of drug-likeness (QED) is 0.597. The highest BCUT2D eigenvalue weighted by atomic mass is 32.2. The SMILES string of the molecule is O=C(O)C(CCc1nc2ccccc2[nH]1)NS(=O)(=O)c1ccccc1. The molecule has 0 saturated carbocycles. The molecular weight excluding hydrogens is 342 g/mol. The number of H-pyrrole nitrogens is 1. The van der Waals surface area contributed by atoms with Gasteiger partial charge in [0.05, 0.1) is 15.9 Å². The van der Waals surface area contributed by atoms with Gasteiger partial charge >= 0.3 is 5.97 Å². The van der Waals surface area contributed by atoms with Crippen LogP contribution in [0, 0.1) is 0 Å². The van der Waals surface area contributed by atoms with Crippen LogP contribution in [-0.2, 0) is 21.2 Å². The summed E-state index contributed by atoms with van der Waals surface area (Å²) in [5.41, 5.74) is 1.64. The van der Waals surface area contributed by atoms with Gasteiger partial charge < -0.3 is 10.1 Å². The third-order valence-corrected chi connectivity index (χ3v) is 5.24. The summed E-state index contributed by atoms with van der Waals surface area (Å²) in [6, 6.07) is 13.9. The first kappa shape index (κ1) is 17.1. The Hall–Kier alpha value is -2.71. The van der Waals surface area contributed by atoms with Gasteiger partial charge in [0.1, 0.15) is 11.9 Å². The van der Waals surface area contributed by atoms with Crippen molar-refractivity contribution in [3.8, 4) is 0 Å². The van der Waals surface area contributed by atoms with E-state index in [-0.39, 0.29) is 11.3 Å². The highest BCUT2D eigenvalue weighted by Gasteiger charge is 2.25. The number of sulfonamides is 1. The van der Waals surface area contributed by atoms with Gasteiger partial charge in [-0.1, -0.05) is 30.3 Å². The summed E-state index contributed by atoms with van der Waals surface area (Å²) in [7, 11) is -3.89. The fraction of sp³-hybridized carbons (Fsp3) is 0.176. The maximum atomic E-state index is 12.3. The number of aliphatic carboxylic acids is 1. The molecule has 0 radical (unpaired) electrons. The van der Waals surface area contributed by atoms with Crippen molar-refractivity contribution in [2.45, 2.75) is 23.8 Å². The average Bonchev–Trinajstić information content (AvgIpc) is 3.02. The van der Waals surface area contributed by atoms with Gasteiger partial charge in [-0.2, -0.15) is 4.72 Å². The second-order valence-electron chi connectivity index (χ2n) is 5.56. The van der Waals surface area contributed by atoms with E-state index >= 15 is 0 Å². The Balaban J connectivity index is 1.72. The van der Waals surface area contributed by atoms with Gasteiger partial charge in [0, 0.05) is 6.42 Å². The maximum Gasteiger partial charge on any atom is 0.321 e. The molecule has 0 aliphatic heterocycles. The van der Waals surface area contributed by atoms with E-state index in [1.165, 1.54) is 12.1 Å². The lowest BCUT2D eigenvalue weighted by molar-refractivity contribution is -0.139. The summed E-state index contributed by atoms with van der Waals surface area (Å²) in [6.07, 6.45) is 0.393. The van der Waals surface area contributed by atoms with Crippen LogP contribution in [0.15, 0.2) is 59.5 Å². The van der Waals surface area contributed by atoms with Gasteiger partial charge in [0.25, 0.3) is 0 Å². The fourth-order valence-electron chi connectivity index (χ4n) is 2.49. The summed E-state index contributed by atoms with van der Waals surface area (Å²) in [5.74, 6) is -0.609. The third-order valence-electron chi connectivity index (χ3n) is 3.76. The van der Waals surface area contributed by atoms with Crippen LogP contribution in [0.4, 0.5) is 0 Å². The van der Waals surface area contributed by atoms with Gasteiger partial charge in [-0.3, -0.25) is 4.79 Å².